The van der Waals surface area contributed by atoms with Crippen molar-refractivity contribution in [3.05, 3.63) is 71.9 Å². The minimum absolute atomic E-state index is 0.832. The second-order valence-corrected chi connectivity index (χ2v) is 5.82. The molecule has 0 unspecified atom stereocenters. The highest BCUT2D eigenvalue weighted by atomic mass is 32.2. The summed E-state index contributed by atoms with van der Waals surface area (Å²) in [7, 11) is 0. The lowest BCUT2D eigenvalue weighted by molar-refractivity contribution is 0.695. The molecule has 2 nitrogen and oxygen atoms in total. The second-order valence-electron chi connectivity index (χ2n) is 4.94. The Bertz CT molecular complexity index is 717. The summed E-state index contributed by atoms with van der Waals surface area (Å²) >= 11 is 1.77. The van der Waals surface area contributed by atoms with Gasteiger partial charge in [0.25, 0.3) is 0 Å². The van der Waals surface area contributed by atoms with E-state index < -0.39 is 0 Å². The van der Waals surface area contributed by atoms with Crippen molar-refractivity contribution in [1.82, 2.24) is 10.3 Å². The van der Waals surface area contributed by atoms with Crippen molar-refractivity contribution < 1.29 is 0 Å². The smallest absolute Gasteiger partial charge is 0.0746 e. The number of thioether (sulfide) groups is 1. The molecule has 0 saturated carbocycles. The molecule has 0 saturated heterocycles. The van der Waals surface area contributed by atoms with Crippen LogP contribution in [0.25, 0.3) is 10.9 Å². The van der Waals surface area contributed by atoms with Crippen LogP contribution in [0.15, 0.2) is 65.7 Å². The largest absolute Gasteiger partial charge is 0.309 e. The molecule has 2 aromatic carbocycles. The molecule has 0 radical (unpaired) electrons. The van der Waals surface area contributed by atoms with Crippen molar-refractivity contribution in [3.63, 3.8) is 0 Å². The minimum atomic E-state index is 0.832. The van der Waals surface area contributed by atoms with Crippen LogP contribution in [0.5, 0.6) is 0 Å². The van der Waals surface area contributed by atoms with Gasteiger partial charge in [-0.15, -0.1) is 11.8 Å². The Morgan fingerprint density at radius 2 is 1.76 bits per heavy atom. The van der Waals surface area contributed by atoms with Gasteiger partial charge < -0.3 is 5.32 Å². The van der Waals surface area contributed by atoms with Crippen LogP contribution in [-0.2, 0) is 13.1 Å². The number of benzene rings is 2. The van der Waals surface area contributed by atoms with Crippen LogP contribution in [0.2, 0.25) is 0 Å². The van der Waals surface area contributed by atoms with Gasteiger partial charge in [0.1, 0.15) is 0 Å². The van der Waals surface area contributed by atoms with Gasteiger partial charge in [0, 0.05) is 29.6 Å². The summed E-state index contributed by atoms with van der Waals surface area (Å²) in [6.45, 7) is 1.70. The predicted octanol–water partition coefficient (Wildman–Crippen LogP) is 4.25. The van der Waals surface area contributed by atoms with Gasteiger partial charge in [0.2, 0.25) is 0 Å². The molecule has 21 heavy (non-hydrogen) atoms. The Hall–Kier alpha value is -1.84. The Balaban J connectivity index is 1.66. The summed E-state index contributed by atoms with van der Waals surface area (Å²) < 4.78 is 0. The number of hydrogen-bond donors (Lipinski definition) is 1. The van der Waals surface area contributed by atoms with Crippen LogP contribution in [-0.4, -0.2) is 11.2 Å². The van der Waals surface area contributed by atoms with E-state index in [1.165, 1.54) is 21.4 Å². The summed E-state index contributed by atoms with van der Waals surface area (Å²) in [6.07, 6.45) is 3.95. The molecule has 1 aromatic heterocycles. The van der Waals surface area contributed by atoms with Gasteiger partial charge in [-0.2, -0.15) is 0 Å². The number of fused-ring (bicyclic) bond motifs is 1. The summed E-state index contributed by atoms with van der Waals surface area (Å²) in [5.74, 6) is 0. The lowest BCUT2D eigenvalue weighted by Gasteiger charge is -2.08. The van der Waals surface area contributed by atoms with E-state index in [0.717, 1.165) is 18.6 Å². The van der Waals surface area contributed by atoms with Crippen LogP contribution >= 0.6 is 11.8 Å². The van der Waals surface area contributed by atoms with Crippen molar-refractivity contribution >= 4 is 22.7 Å². The van der Waals surface area contributed by atoms with E-state index in [4.69, 9.17) is 0 Å². The van der Waals surface area contributed by atoms with Crippen molar-refractivity contribution in [2.24, 2.45) is 0 Å². The van der Waals surface area contributed by atoms with Crippen molar-refractivity contribution in [1.29, 1.82) is 0 Å². The number of rotatable bonds is 5. The molecular weight excluding hydrogens is 276 g/mol. The van der Waals surface area contributed by atoms with E-state index in [-0.39, 0.29) is 0 Å². The third-order valence-electron chi connectivity index (χ3n) is 3.52. The van der Waals surface area contributed by atoms with Crippen molar-refractivity contribution in [3.8, 4) is 0 Å². The average molecular weight is 294 g/mol. The van der Waals surface area contributed by atoms with Crippen LogP contribution in [0.1, 0.15) is 11.1 Å². The Morgan fingerprint density at radius 3 is 2.57 bits per heavy atom. The quantitative estimate of drug-likeness (QED) is 0.712. The monoisotopic (exact) mass is 294 g/mol. The minimum Gasteiger partial charge on any atom is -0.309 e. The molecule has 0 amide bonds. The number of nitrogens with zero attached hydrogens (tertiary/aromatic N) is 1. The first-order valence-electron chi connectivity index (χ1n) is 7.03. The summed E-state index contributed by atoms with van der Waals surface area (Å²) in [6, 6.07) is 19.1. The first-order valence-corrected chi connectivity index (χ1v) is 8.25. The molecule has 3 aromatic rings. The molecule has 0 aliphatic carbocycles. The molecule has 0 atom stereocenters. The highest BCUT2D eigenvalue weighted by Gasteiger charge is 2.01. The van der Waals surface area contributed by atoms with Crippen LogP contribution in [0, 0.1) is 0 Å². The second kappa shape index (κ2) is 6.74. The molecular formula is C18H18N2S. The van der Waals surface area contributed by atoms with E-state index in [9.17, 15) is 0 Å². The third-order valence-corrected chi connectivity index (χ3v) is 4.26. The van der Waals surface area contributed by atoms with E-state index in [0.29, 0.717) is 0 Å². The Morgan fingerprint density at radius 1 is 0.952 bits per heavy atom. The first-order chi connectivity index (χ1) is 10.4. The van der Waals surface area contributed by atoms with Crippen LogP contribution in [0.3, 0.4) is 0 Å². The molecule has 1 N–H and O–H groups in total. The highest BCUT2D eigenvalue weighted by molar-refractivity contribution is 7.98. The van der Waals surface area contributed by atoms with Gasteiger partial charge >= 0.3 is 0 Å². The van der Waals surface area contributed by atoms with Gasteiger partial charge in [-0.25, -0.2) is 0 Å². The number of nitrogens with one attached hydrogen (secondary N) is 1. The predicted molar refractivity (Wildman–Crippen MR) is 90.5 cm³/mol. The standard InChI is InChI=1S/C18H18N2S/c1-21-17-9-7-14(8-10-17)12-19-13-16-5-2-4-15-6-3-11-20-18(15)16/h2-11,19H,12-13H2,1H3. The van der Waals surface area contributed by atoms with Gasteiger partial charge in [-0.3, -0.25) is 4.98 Å². The maximum absolute atomic E-state index is 4.49. The fourth-order valence-corrected chi connectivity index (χ4v) is 2.80. The summed E-state index contributed by atoms with van der Waals surface area (Å²) in [5, 5.41) is 4.70. The summed E-state index contributed by atoms with van der Waals surface area (Å²) in [5.41, 5.74) is 3.64. The Labute approximate surface area is 129 Å². The molecule has 0 spiro atoms. The molecule has 3 rings (SSSR count). The maximum atomic E-state index is 4.49. The third kappa shape index (κ3) is 3.43. The Kier molecular flexibility index (Phi) is 4.53. The number of para-hydroxylation sites is 1. The van der Waals surface area contributed by atoms with Gasteiger partial charge in [-0.05, 0) is 35.6 Å². The maximum Gasteiger partial charge on any atom is 0.0746 e. The van der Waals surface area contributed by atoms with E-state index >= 15 is 0 Å². The molecule has 1 heterocycles. The zero-order chi connectivity index (χ0) is 14.5. The topological polar surface area (TPSA) is 24.9 Å². The SMILES string of the molecule is CSc1ccc(CNCc2cccc3cccnc23)cc1. The fourth-order valence-electron chi connectivity index (χ4n) is 2.39. The van der Waals surface area contributed by atoms with Gasteiger partial charge in [0.05, 0.1) is 5.52 Å². The van der Waals surface area contributed by atoms with E-state index in [1.807, 2.05) is 12.3 Å². The van der Waals surface area contributed by atoms with Crippen molar-refractivity contribution in [2.45, 2.75) is 18.0 Å². The molecule has 0 bridgehead atoms. The molecule has 0 aliphatic rings. The average Bonchev–Trinajstić information content (AvgIpc) is 2.56. The van der Waals surface area contributed by atoms with Crippen LogP contribution in [0.4, 0.5) is 0 Å². The zero-order valence-corrected chi connectivity index (χ0v) is 12.9. The zero-order valence-electron chi connectivity index (χ0n) is 12.0. The molecule has 0 fully saturated rings. The summed E-state index contributed by atoms with van der Waals surface area (Å²) in [4.78, 5) is 5.79. The number of aromatic nitrogens is 1. The normalized spacial score (nSPS) is 10.9. The van der Waals surface area contributed by atoms with E-state index in [2.05, 4.69) is 65.1 Å². The first kappa shape index (κ1) is 14.1. The molecule has 0 aliphatic heterocycles. The highest BCUT2D eigenvalue weighted by Crippen LogP contribution is 2.17. The van der Waals surface area contributed by atoms with Crippen molar-refractivity contribution in [2.75, 3.05) is 6.26 Å². The molecule has 106 valence electrons. The van der Waals surface area contributed by atoms with Gasteiger partial charge in [0.15, 0.2) is 0 Å². The molecule has 3 heteroatoms. The van der Waals surface area contributed by atoms with E-state index in [1.54, 1.807) is 11.8 Å². The number of pyridine rings is 1. The lowest BCUT2D eigenvalue weighted by atomic mass is 10.1. The fraction of sp³-hybridized carbons (Fsp3) is 0.167. The van der Waals surface area contributed by atoms with Crippen LogP contribution < -0.4 is 5.32 Å². The van der Waals surface area contributed by atoms with Gasteiger partial charge in [-0.1, -0.05) is 36.4 Å². The number of hydrogen-bond acceptors (Lipinski definition) is 3. The lowest BCUT2D eigenvalue weighted by Crippen LogP contribution is -2.13.